The van der Waals surface area contributed by atoms with Gasteiger partial charge >= 0.3 is 6.03 Å². The minimum Gasteiger partial charge on any atom is -0.497 e. The Balaban J connectivity index is 1.85. The van der Waals surface area contributed by atoms with E-state index in [-0.39, 0.29) is 6.03 Å². The number of carbonyl (C=O) groups excluding carboxylic acids is 1. The van der Waals surface area contributed by atoms with Crippen LogP contribution < -0.4 is 14.8 Å². The first-order chi connectivity index (χ1) is 11.0. The van der Waals surface area contributed by atoms with E-state index in [9.17, 15) is 4.79 Å². The lowest BCUT2D eigenvalue weighted by molar-refractivity contribution is 0.0833. The van der Waals surface area contributed by atoms with Crippen molar-refractivity contribution >= 4 is 23.6 Å². The van der Waals surface area contributed by atoms with Crippen LogP contribution in [0.2, 0.25) is 0 Å². The SMILES string of the molecule is COc1ccc2c(c1)OC(C)(C)CN(C(=O)Nc1cnsn1)C2. The number of amides is 2. The number of aromatic nitrogens is 2. The molecule has 1 aliphatic rings. The molecule has 2 aromatic rings. The highest BCUT2D eigenvalue weighted by atomic mass is 32.1. The van der Waals surface area contributed by atoms with E-state index in [2.05, 4.69) is 14.1 Å². The first kappa shape index (κ1) is 15.5. The monoisotopic (exact) mass is 334 g/mol. The Kier molecular flexibility index (Phi) is 4.08. The van der Waals surface area contributed by atoms with Crippen molar-refractivity contribution in [3.8, 4) is 11.5 Å². The summed E-state index contributed by atoms with van der Waals surface area (Å²) in [5, 5.41) is 2.75. The molecule has 0 bridgehead atoms. The molecule has 0 fully saturated rings. The highest BCUT2D eigenvalue weighted by Gasteiger charge is 2.32. The van der Waals surface area contributed by atoms with E-state index in [0.717, 1.165) is 28.8 Å². The molecule has 1 N–H and O–H groups in total. The number of hydrogen-bond donors (Lipinski definition) is 1. The maximum atomic E-state index is 12.5. The van der Waals surface area contributed by atoms with Crippen LogP contribution in [0.25, 0.3) is 0 Å². The van der Waals surface area contributed by atoms with Crippen LogP contribution >= 0.6 is 11.7 Å². The van der Waals surface area contributed by atoms with Crippen LogP contribution in [-0.2, 0) is 6.54 Å². The molecule has 0 saturated carbocycles. The van der Waals surface area contributed by atoms with E-state index >= 15 is 0 Å². The summed E-state index contributed by atoms with van der Waals surface area (Å²) < 4.78 is 19.2. The molecule has 2 amide bonds. The summed E-state index contributed by atoms with van der Waals surface area (Å²) >= 11 is 1.05. The quantitative estimate of drug-likeness (QED) is 0.914. The summed E-state index contributed by atoms with van der Waals surface area (Å²) in [6.45, 7) is 4.80. The van der Waals surface area contributed by atoms with Crippen molar-refractivity contribution in [2.45, 2.75) is 26.0 Å². The molecular formula is C15H18N4O3S. The summed E-state index contributed by atoms with van der Waals surface area (Å²) in [6, 6.07) is 5.40. The summed E-state index contributed by atoms with van der Waals surface area (Å²) in [6.07, 6.45) is 1.53. The number of fused-ring (bicyclic) bond motifs is 1. The van der Waals surface area contributed by atoms with Gasteiger partial charge in [0.2, 0.25) is 0 Å². The Labute approximate surface area is 138 Å². The fraction of sp³-hybridized carbons (Fsp3) is 0.400. The fourth-order valence-electron chi connectivity index (χ4n) is 2.49. The molecular weight excluding hydrogens is 316 g/mol. The number of rotatable bonds is 2. The maximum absolute atomic E-state index is 12.5. The number of carbonyl (C=O) groups is 1. The van der Waals surface area contributed by atoms with Gasteiger partial charge in [-0.15, -0.1) is 0 Å². The largest absolute Gasteiger partial charge is 0.497 e. The lowest BCUT2D eigenvalue weighted by atomic mass is 10.1. The van der Waals surface area contributed by atoms with Crippen molar-refractivity contribution in [1.82, 2.24) is 13.6 Å². The van der Waals surface area contributed by atoms with Gasteiger partial charge in [-0.25, -0.2) is 4.79 Å². The van der Waals surface area contributed by atoms with Crippen molar-refractivity contribution in [2.24, 2.45) is 0 Å². The van der Waals surface area contributed by atoms with Crippen molar-refractivity contribution in [2.75, 3.05) is 19.0 Å². The van der Waals surface area contributed by atoms with Gasteiger partial charge < -0.3 is 14.4 Å². The Bertz CT molecular complexity index is 703. The molecule has 7 nitrogen and oxygen atoms in total. The van der Waals surface area contributed by atoms with E-state index in [1.807, 2.05) is 32.0 Å². The second-order valence-electron chi connectivity index (χ2n) is 5.91. The Morgan fingerprint density at radius 3 is 3.00 bits per heavy atom. The van der Waals surface area contributed by atoms with E-state index in [4.69, 9.17) is 9.47 Å². The molecule has 1 aromatic heterocycles. The number of methoxy groups -OCH3 is 1. The first-order valence-electron chi connectivity index (χ1n) is 7.16. The van der Waals surface area contributed by atoms with E-state index in [1.165, 1.54) is 6.20 Å². The number of benzene rings is 1. The van der Waals surface area contributed by atoms with Gasteiger partial charge in [0, 0.05) is 11.6 Å². The van der Waals surface area contributed by atoms with Crippen LogP contribution in [-0.4, -0.2) is 38.9 Å². The number of hydrogen-bond acceptors (Lipinski definition) is 6. The second-order valence-corrected chi connectivity index (χ2v) is 6.47. The van der Waals surface area contributed by atoms with Gasteiger partial charge in [0.1, 0.15) is 17.1 Å². The zero-order valence-corrected chi connectivity index (χ0v) is 14.0. The zero-order chi connectivity index (χ0) is 16.4. The number of anilines is 1. The molecule has 0 unspecified atom stereocenters. The molecule has 1 aliphatic heterocycles. The normalized spacial score (nSPS) is 16.0. The van der Waals surface area contributed by atoms with Crippen LogP contribution in [0.1, 0.15) is 19.4 Å². The molecule has 0 aliphatic carbocycles. The highest BCUT2D eigenvalue weighted by molar-refractivity contribution is 6.99. The molecule has 0 radical (unpaired) electrons. The number of urea groups is 1. The van der Waals surface area contributed by atoms with Gasteiger partial charge in [-0.05, 0) is 26.0 Å². The van der Waals surface area contributed by atoms with Gasteiger partial charge in [-0.2, -0.15) is 8.75 Å². The molecule has 0 saturated heterocycles. The Morgan fingerprint density at radius 2 is 2.30 bits per heavy atom. The first-order valence-corrected chi connectivity index (χ1v) is 7.89. The summed E-state index contributed by atoms with van der Waals surface area (Å²) in [7, 11) is 1.62. The van der Waals surface area contributed by atoms with Gasteiger partial charge in [0.25, 0.3) is 0 Å². The minimum absolute atomic E-state index is 0.224. The number of ether oxygens (including phenoxy) is 2. The molecule has 1 aromatic carbocycles. The molecule has 23 heavy (non-hydrogen) atoms. The van der Waals surface area contributed by atoms with Crippen molar-refractivity contribution in [3.05, 3.63) is 30.0 Å². The molecule has 8 heteroatoms. The van der Waals surface area contributed by atoms with E-state index in [0.29, 0.717) is 18.9 Å². The van der Waals surface area contributed by atoms with Crippen LogP contribution in [0.3, 0.4) is 0 Å². The minimum atomic E-state index is -0.519. The predicted octanol–water partition coefficient (Wildman–Crippen LogP) is 2.75. The summed E-state index contributed by atoms with van der Waals surface area (Å²) in [4.78, 5) is 14.2. The predicted molar refractivity (Wildman–Crippen MR) is 87.0 cm³/mol. The standard InChI is InChI=1S/C15H18N4O3S/c1-15(2)9-19(14(20)17-13-7-16-23-18-13)8-10-4-5-11(21-3)6-12(10)22-15/h4-7H,8-9H2,1-3H3,(H,17,18,20). The zero-order valence-electron chi connectivity index (χ0n) is 13.2. The van der Waals surface area contributed by atoms with E-state index in [1.54, 1.807) is 12.0 Å². The molecule has 122 valence electrons. The van der Waals surface area contributed by atoms with Gasteiger partial charge in [-0.1, -0.05) is 0 Å². The van der Waals surface area contributed by atoms with E-state index < -0.39 is 5.60 Å². The van der Waals surface area contributed by atoms with Crippen molar-refractivity contribution in [3.63, 3.8) is 0 Å². The van der Waals surface area contributed by atoms with Crippen LogP contribution in [0.5, 0.6) is 11.5 Å². The molecule has 2 heterocycles. The summed E-state index contributed by atoms with van der Waals surface area (Å²) in [5.74, 6) is 1.92. The molecule has 3 rings (SSSR count). The lowest BCUT2D eigenvalue weighted by Crippen LogP contribution is -2.44. The average Bonchev–Trinajstić information content (AvgIpc) is 2.95. The van der Waals surface area contributed by atoms with Crippen LogP contribution in [0, 0.1) is 0 Å². The van der Waals surface area contributed by atoms with Crippen molar-refractivity contribution in [1.29, 1.82) is 0 Å². The third-order valence-electron chi connectivity index (χ3n) is 3.48. The number of nitrogens with one attached hydrogen (secondary N) is 1. The summed E-state index contributed by atoms with van der Waals surface area (Å²) in [5.41, 5.74) is 0.415. The Morgan fingerprint density at radius 1 is 1.48 bits per heavy atom. The third kappa shape index (κ3) is 3.53. The number of nitrogens with zero attached hydrogens (tertiary/aromatic N) is 3. The molecule has 0 spiro atoms. The Hall–Kier alpha value is -2.35. The van der Waals surface area contributed by atoms with Gasteiger partial charge in [-0.3, -0.25) is 5.32 Å². The smallest absolute Gasteiger partial charge is 0.323 e. The topological polar surface area (TPSA) is 76.6 Å². The molecule has 0 atom stereocenters. The van der Waals surface area contributed by atoms with Gasteiger partial charge in [0.15, 0.2) is 5.82 Å². The van der Waals surface area contributed by atoms with Crippen molar-refractivity contribution < 1.29 is 14.3 Å². The fourth-order valence-corrected chi connectivity index (χ4v) is 2.87. The highest BCUT2D eigenvalue weighted by Crippen LogP contribution is 2.32. The second kappa shape index (κ2) is 6.04. The average molecular weight is 334 g/mol. The van der Waals surface area contributed by atoms with Crippen LogP contribution in [0.15, 0.2) is 24.4 Å². The van der Waals surface area contributed by atoms with Crippen LogP contribution in [0.4, 0.5) is 10.6 Å². The van der Waals surface area contributed by atoms with Gasteiger partial charge in [0.05, 0.1) is 38.1 Å². The third-order valence-corrected chi connectivity index (χ3v) is 3.95. The maximum Gasteiger partial charge on any atom is 0.323 e. The lowest BCUT2D eigenvalue weighted by Gasteiger charge is -2.29.